The van der Waals surface area contributed by atoms with Gasteiger partial charge in [0.15, 0.2) is 5.78 Å². The van der Waals surface area contributed by atoms with Crippen molar-refractivity contribution < 1.29 is 9.59 Å². The van der Waals surface area contributed by atoms with Crippen molar-refractivity contribution in [2.45, 2.75) is 33.4 Å². The lowest BCUT2D eigenvalue weighted by Gasteiger charge is -2.26. The number of nitrogens with zero attached hydrogens (tertiary/aromatic N) is 3. The molecule has 0 radical (unpaired) electrons. The van der Waals surface area contributed by atoms with E-state index in [1.54, 1.807) is 35.2 Å². The molecule has 0 bridgehead atoms. The summed E-state index contributed by atoms with van der Waals surface area (Å²) in [6.45, 7) is 6.01. The lowest BCUT2D eigenvalue weighted by Crippen LogP contribution is -2.36. The van der Waals surface area contributed by atoms with Crippen LogP contribution in [0, 0.1) is 0 Å². The molecule has 0 saturated heterocycles. The molecule has 0 spiro atoms. The van der Waals surface area contributed by atoms with Gasteiger partial charge in [-0.05, 0) is 50.6 Å². The molecule has 148 valence electrons. The van der Waals surface area contributed by atoms with Crippen molar-refractivity contribution in [3.8, 4) is 0 Å². The Bertz CT molecular complexity index is 985. The lowest BCUT2D eigenvalue weighted by atomic mass is 10.1. The maximum atomic E-state index is 13.1. The first-order valence-electron chi connectivity index (χ1n) is 9.49. The molecule has 0 fully saturated rings. The van der Waals surface area contributed by atoms with Gasteiger partial charge in [-0.2, -0.15) is 0 Å². The monoisotopic (exact) mass is 388 g/mol. The molecule has 0 saturated carbocycles. The highest BCUT2D eigenvalue weighted by atomic mass is 16.2. The Morgan fingerprint density at radius 3 is 2.31 bits per heavy atom. The van der Waals surface area contributed by atoms with Crippen LogP contribution in [0.3, 0.4) is 0 Å². The molecule has 3 rings (SSSR count). The van der Waals surface area contributed by atoms with Gasteiger partial charge < -0.3 is 10.2 Å². The number of carbonyl (C=O) groups is 2. The van der Waals surface area contributed by atoms with E-state index in [2.05, 4.69) is 15.3 Å². The van der Waals surface area contributed by atoms with Crippen LogP contribution in [-0.2, 0) is 6.54 Å². The molecule has 0 atom stereocenters. The third kappa shape index (κ3) is 5.25. The molecule has 1 heterocycles. The fourth-order valence-corrected chi connectivity index (χ4v) is 2.89. The normalized spacial score (nSPS) is 10.6. The van der Waals surface area contributed by atoms with Crippen LogP contribution in [-0.4, -0.2) is 32.6 Å². The summed E-state index contributed by atoms with van der Waals surface area (Å²) in [5.41, 5.74) is 2.81. The number of anilines is 2. The van der Waals surface area contributed by atoms with Crippen molar-refractivity contribution in [1.82, 2.24) is 14.9 Å². The number of Topliss-reactive ketones (excluding diaryl/α,β-unsaturated/α-hetero) is 1. The maximum Gasteiger partial charge on any atom is 0.273 e. The Morgan fingerprint density at radius 2 is 1.69 bits per heavy atom. The highest BCUT2D eigenvalue weighted by Crippen LogP contribution is 2.18. The largest absolute Gasteiger partial charge is 0.340 e. The Morgan fingerprint density at radius 1 is 1.00 bits per heavy atom. The molecule has 3 aromatic rings. The van der Waals surface area contributed by atoms with E-state index in [1.807, 2.05) is 44.2 Å². The van der Waals surface area contributed by atoms with Crippen LogP contribution >= 0.6 is 0 Å². The summed E-state index contributed by atoms with van der Waals surface area (Å²) in [6.07, 6.45) is 1.38. The van der Waals surface area contributed by atoms with Gasteiger partial charge in [0.1, 0.15) is 17.8 Å². The van der Waals surface area contributed by atoms with Gasteiger partial charge in [-0.25, -0.2) is 9.97 Å². The predicted octanol–water partition coefficient (Wildman–Crippen LogP) is 4.47. The predicted molar refractivity (Wildman–Crippen MR) is 113 cm³/mol. The topological polar surface area (TPSA) is 75.2 Å². The average molecular weight is 388 g/mol. The molecule has 29 heavy (non-hydrogen) atoms. The molecule has 0 aliphatic rings. The number of ketones is 1. The van der Waals surface area contributed by atoms with Gasteiger partial charge in [-0.1, -0.05) is 30.3 Å². The summed E-state index contributed by atoms with van der Waals surface area (Å²) in [4.78, 5) is 34.6. The number of amides is 1. The van der Waals surface area contributed by atoms with Gasteiger partial charge in [0.2, 0.25) is 0 Å². The second-order valence-corrected chi connectivity index (χ2v) is 7.06. The Kier molecular flexibility index (Phi) is 6.34. The third-order valence-electron chi connectivity index (χ3n) is 4.53. The second-order valence-electron chi connectivity index (χ2n) is 7.06. The maximum absolute atomic E-state index is 13.1. The molecule has 0 aliphatic heterocycles. The van der Waals surface area contributed by atoms with Crippen LogP contribution in [0.2, 0.25) is 0 Å². The van der Waals surface area contributed by atoms with Crippen LogP contribution in [0.4, 0.5) is 11.5 Å². The van der Waals surface area contributed by atoms with Crippen LogP contribution in [0.25, 0.3) is 0 Å². The third-order valence-corrected chi connectivity index (χ3v) is 4.53. The van der Waals surface area contributed by atoms with Crippen molar-refractivity contribution in [3.05, 3.63) is 83.8 Å². The summed E-state index contributed by atoms with van der Waals surface area (Å²) < 4.78 is 0. The second kappa shape index (κ2) is 9.10. The number of hydrogen-bond acceptors (Lipinski definition) is 5. The molecule has 6 heteroatoms. The number of nitrogens with one attached hydrogen (secondary N) is 1. The fourth-order valence-electron chi connectivity index (χ4n) is 2.89. The van der Waals surface area contributed by atoms with E-state index >= 15 is 0 Å². The van der Waals surface area contributed by atoms with E-state index in [1.165, 1.54) is 13.3 Å². The first-order valence-corrected chi connectivity index (χ1v) is 9.49. The SMILES string of the molecule is CC(=O)c1ccc(Nc2cc(C(=O)N(Cc3ccccc3)C(C)C)ncn2)cc1. The number of aromatic nitrogens is 2. The van der Waals surface area contributed by atoms with Gasteiger partial charge >= 0.3 is 0 Å². The minimum atomic E-state index is -0.152. The molecular weight excluding hydrogens is 364 g/mol. The Labute approximate surface area is 170 Å². The van der Waals surface area contributed by atoms with E-state index in [-0.39, 0.29) is 17.7 Å². The molecule has 0 unspecified atom stereocenters. The van der Waals surface area contributed by atoms with Crippen molar-refractivity contribution >= 4 is 23.2 Å². The van der Waals surface area contributed by atoms with Gasteiger partial charge in [-0.15, -0.1) is 0 Å². The van der Waals surface area contributed by atoms with Gasteiger partial charge in [0, 0.05) is 29.9 Å². The number of carbonyl (C=O) groups excluding carboxylic acids is 2. The summed E-state index contributed by atoms with van der Waals surface area (Å²) >= 11 is 0. The summed E-state index contributed by atoms with van der Waals surface area (Å²) in [7, 11) is 0. The molecule has 0 aliphatic carbocycles. The number of hydrogen-bond donors (Lipinski definition) is 1. The Hall–Kier alpha value is -3.54. The van der Waals surface area contributed by atoms with Crippen LogP contribution < -0.4 is 5.32 Å². The summed E-state index contributed by atoms with van der Waals surface area (Å²) in [6, 6.07) is 18.6. The van der Waals surface area contributed by atoms with Gasteiger partial charge in [0.05, 0.1) is 0 Å². The summed E-state index contributed by atoms with van der Waals surface area (Å²) in [5.74, 6) is 0.377. The Balaban J connectivity index is 1.77. The zero-order valence-electron chi connectivity index (χ0n) is 16.8. The lowest BCUT2D eigenvalue weighted by molar-refractivity contribution is 0.0684. The van der Waals surface area contributed by atoms with Crippen molar-refractivity contribution in [3.63, 3.8) is 0 Å². The molecule has 6 nitrogen and oxygen atoms in total. The standard InChI is InChI=1S/C23H24N4O2/c1-16(2)27(14-18-7-5-4-6-8-18)23(29)21-13-22(25-15-24-21)26-20-11-9-19(10-12-20)17(3)28/h4-13,15-16H,14H2,1-3H3,(H,24,25,26). The summed E-state index contributed by atoms with van der Waals surface area (Å²) in [5, 5.41) is 3.15. The average Bonchev–Trinajstić information content (AvgIpc) is 2.72. The van der Waals surface area contributed by atoms with Crippen LogP contribution in [0.15, 0.2) is 67.0 Å². The minimum absolute atomic E-state index is 0.0126. The molecular formula is C23H24N4O2. The molecule has 2 aromatic carbocycles. The van der Waals surface area contributed by atoms with Crippen molar-refractivity contribution in [2.24, 2.45) is 0 Å². The van der Waals surface area contributed by atoms with E-state index in [0.717, 1.165) is 11.3 Å². The van der Waals surface area contributed by atoms with E-state index in [0.29, 0.717) is 23.6 Å². The minimum Gasteiger partial charge on any atom is -0.340 e. The fraction of sp³-hybridized carbons (Fsp3) is 0.217. The van der Waals surface area contributed by atoms with E-state index in [9.17, 15) is 9.59 Å². The molecule has 1 aromatic heterocycles. The molecule has 1 N–H and O–H groups in total. The smallest absolute Gasteiger partial charge is 0.273 e. The van der Waals surface area contributed by atoms with Crippen molar-refractivity contribution in [2.75, 3.05) is 5.32 Å². The quantitative estimate of drug-likeness (QED) is 0.604. The zero-order chi connectivity index (χ0) is 20.8. The zero-order valence-corrected chi connectivity index (χ0v) is 16.8. The first kappa shape index (κ1) is 20.2. The van der Waals surface area contributed by atoms with E-state index < -0.39 is 0 Å². The highest BCUT2D eigenvalue weighted by Gasteiger charge is 2.21. The molecule has 1 amide bonds. The van der Waals surface area contributed by atoms with Crippen LogP contribution in [0.5, 0.6) is 0 Å². The van der Waals surface area contributed by atoms with Gasteiger partial charge in [0.25, 0.3) is 5.91 Å². The van der Waals surface area contributed by atoms with Crippen LogP contribution in [0.1, 0.15) is 47.2 Å². The van der Waals surface area contributed by atoms with E-state index in [4.69, 9.17) is 0 Å². The number of rotatable bonds is 7. The first-order chi connectivity index (χ1) is 13.9. The highest BCUT2D eigenvalue weighted by molar-refractivity contribution is 5.94. The van der Waals surface area contributed by atoms with Crippen molar-refractivity contribution in [1.29, 1.82) is 0 Å². The number of benzene rings is 2. The van der Waals surface area contributed by atoms with Gasteiger partial charge in [-0.3, -0.25) is 9.59 Å².